The number of hydrogen-bond acceptors (Lipinski definition) is 5. The summed E-state index contributed by atoms with van der Waals surface area (Å²) >= 11 is 0. The van der Waals surface area contributed by atoms with Crippen LogP contribution in [-0.4, -0.2) is 32.3 Å². The van der Waals surface area contributed by atoms with Crippen LogP contribution in [0.25, 0.3) is 0 Å². The predicted octanol–water partition coefficient (Wildman–Crippen LogP) is 0.801. The van der Waals surface area contributed by atoms with Crippen LogP contribution in [0.3, 0.4) is 0 Å². The van der Waals surface area contributed by atoms with Crippen LogP contribution in [0.2, 0.25) is 0 Å². The smallest absolute Gasteiger partial charge is 0.278 e. The van der Waals surface area contributed by atoms with Crippen LogP contribution in [0.1, 0.15) is 27.1 Å². The summed E-state index contributed by atoms with van der Waals surface area (Å²) in [5.41, 5.74) is 0.425. The highest BCUT2D eigenvalue weighted by Crippen LogP contribution is 2.25. The first-order chi connectivity index (χ1) is 7.97. The minimum Gasteiger partial charge on any atom is -0.294 e. The number of hydrogen-bond donors (Lipinski definition) is 0. The van der Waals surface area contributed by atoms with E-state index in [4.69, 9.17) is 0 Å². The molecule has 17 heavy (non-hydrogen) atoms. The van der Waals surface area contributed by atoms with Crippen molar-refractivity contribution in [1.29, 1.82) is 0 Å². The molecule has 0 fully saturated rings. The van der Waals surface area contributed by atoms with Crippen molar-refractivity contribution in [2.45, 2.75) is 11.7 Å². The molecule has 0 saturated carbocycles. The molecule has 0 saturated heterocycles. The first-order valence-corrected chi connectivity index (χ1v) is 6.40. The van der Waals surface area contributed by atoms with Crippen LogP contribution in [0.5, 0.6) is 0 Å². The molecule has 1 aromatic rings. The minimum atomic E-state index is -4.02. The molecule has 0 heterocycles. The first-order valence-electron chi connectivity index (χ1n) is 4.93. The molecule has 1 aromatic carbocycles. The zero-order valence-corrected chi connectivity index (χ0v) is 9.86. The summed E-state index contributed by atoms with van der Waals surface area (Å²) in [5, 5.41) is -1.42. The van der Waals surface area contributed by atoms with E-state index in [2.05, 4.69) is 4.18 Å². The van der Waals surface area contributed by atoms with Gasteiger partial charge in [0.1, 0.15) is 0 Å². The topological polar surface area (TPSA) is 77.5 Å². The Balaban J connectivity index is 2.54. The van der Waals surface area contributed by atoms with Crippen molar-refractivity contribution in [1.82, 2.24) is 0 Å². The Bertz CT molecular complexity index is 588. The molecule has 1 aliphatic carbocycles. The standard InChI is InChI=1S/C11H10O5S/c1-16-17(14,15)10-6-9(12)7-4-2-3-5-8(7)11(10)13/h2-5,10H,6H2,1H3/t10-/m0/s1. The van der Waals surface area contributed by atoms with Gasteiger partial charge in [-0.3, -0.25) is 13.8 Å². The van der Waals surface area contributed by atoms with E-state index in [1.807, 2.05) is 0 Å². The number of ketones is 2. The SMILES string of the molecule is COS(=O)(=O)[C@H]1CC(=O)c2ccccc2C1=O. The lowest BCUT2D eigenvalue weighted by Crippen LogP contribution is -2.38. The van der Waals surface area contributed by atoms with Gasteiger partial charge in [0.25, 0.3) is 10.1 Å². The van der Waals surface area contributed by atoms with Crippen molar-refractivity contribution in [3.05, 3.63) is 35.4 Å². The van der Waals surface area contributed by atoms with Crippen molar-refractivity contribution in [2.24, 2.45) is 0 Å². The lowest BCUT2D eigenvalue weighted by atomic mass is 9.89. The van der Waals surface area contributed by atoms with Crippen molar-refractivity contribution in [3.8, 4) is 0 Å². The molecule has 0 bridgehead atoms. The first kappa shape index (κ1) is 11.9. The average molecular weight is 254 g/mol. The molecule has 2 rings (SSSR count). The van der Waals surface area contributed by atoms with Crippen LogP contribution >= 0.6 is 0 Å². The van der Waals surface area contributed by atoms with E-state index in [0.717, 1.165) is 7.11 Å². The summed E-state index contributed by atoms with van der Waals surface area (Å²) in [7, 11) is -3.04. The van der Waals surface area contributed by atoms with Gasteiger partial charge in [0, 0.05) is 17.5 Å². The number of Topliss-reactive ketones (excluding diaryl/α,β-unsaturated/α-hetero) is 2. The van der Waals surface area contributed by atoms with E-state index in [-0.39, 0.29) is 23.3 Å². The summed E-state index contributed by atoms with van der Waals surface area (Å²) in [5.74, 6) is -0.937. The third-order valence-electron chi connectivity index (χ3n) is 2.74. The predicted molar refractivity (Wildman–Crippen MR) is 59.4 cm³/mol. The Kier molecular flexibility index (Phi) is 2.84. The van der Waals surface area contributed by atoms with Gasteiger partial charge in [-0.05, 0) is 0 Å². The monoisotopic (exact) mass is 254 g/mol. The molecule has 0 N–H and O–H groups in total. The van der Waals surface area contributed by atoms with E-state index >= 15 is 0 Å². The van der Waals surface area contributed by atoms with E-state index in [1.54, 1.807) is 12.1 Å². The average Bonchev–Trinajstić information content (AvgIpc) is 2.33. The van der Waals surface area contributed by atoms with Gasteiger partial charge >= 0.3 is 0 Å². The van der Waals surface area contributed by atoms with Gasteiger partial charge in [0.2, 0.25) is 0 Å². The molecule has 0 unspecified atom stereocenters. The maximum absolute atomic E-state index is 12.0. The molecule has 90 valence electrons. The Morgan fingerprint density at radius 2 is 1.76 bits per heavy atom. The second-order valence-corrected chi connectivity index (χ2v) is 5.57. The maximum atomic E-state index is 12.0. The van der Waals surface area contributed by atoms with Crippen LogP contribution < -0.4 is 0 Å². The Morgan fingerprint density at radius 3 is 2.35 bits per heavy atom. The summed E-state index contributed by atoms with van der Waals surface area (Å²) < 4.78 is 27.4. The van der Waals surface area contributed by atoms with Crippen LogP contribution in [0.4, 0.5) is 0 Å². The van der Waals surface area contributed by atoms with Crippen molar-refractivity contribution in [2.75, 3.05) is 7.11 Å². The van der Waals surface area contributed by atoms with Gasteiger partial charge in [-0.15, -0.1) is 0 Å². The zero-order chi connectivity index (χ0) is 12.6. The van der Waals surface area contributed by atoms with Gasteiger partial charge in [-0.2, -0.15) is 8.42 Å². The highest BCUT2D eigenvalue weighted by Gasteiger charge is 2.40. The molecule has 0 radical (unpaired) electrons. The lowest BCUT2D eigenvalue weighted by molar-refractivity contribution is 0.0889. The van der Waals surface area contributed by atoms with E-state index < -0.39 is 21.2 Å². The molecule has 0 amide bonds. The molecule has 6 heteroatoms. The van der Waals surface area contributed by atoms with Gasteiger partial charge in [0.15, 0.2) is 16.8 Å². The molecule has 1 atom stereocenters. The number of carbonyl (C=O) groups is 2. The van der Waals surface area contributed by atoms with Crippen LogP contribution in [0.15, 0.2) is 24.3 Å². The number of benzene rings is 1. The number of carbonyl (C=O) groups excluding carboxylic acids is 2. The maximum Gasteiger partial charge on any atom is 0.278 e. The van der Waals surface area contributed by atoms with Crippen molar-refractivity contribution in [3.63, 3.8) is 0 Å². The molecule has 0 aliphatic heterocycles. The number of fused-ring (bicyclic) bond motifs is 1. The second kappa shape index (κ2) is 4.05. The Morgan fingerprint density at radius 1 is 1.18 bits per heavy atom. The molecule has 0 aromatic heterocycles. The summed E-state index contributed by atoms with van der Waals surface area (Å²) in [6.07, 6.45) is -0.355. The van der Waals surface area contributed by atoms with E-state index in [0.29, 0.717) is 0 Å². The second-order valence-electron chi connectivity index (χ2n) is 3.69. The summed E-state index contributed by atoms with van der Waals surface area (Å²) in [6, 6.07) is 6.19. The van der Waals surface area contributed by atoms with Crippen LogP contribution in [-0.2, 0) is 14.3 Å². The third kappa shape index (κ3) is 1.89. The van der Waals surface area contributed by atoms with Gasteiger partial charge in [0.05, 0.1) is 7.11 Å². The number of rotatable bonds is 2. The molecule has 1 aliphatic rings. The van der Waals surface area contributed by atoms with E-state index in [9.17, 15) is 18.0 Å². The van der Waals surface area contributed by atoms with Gasteiger partial charge in [-0.25, -0.2) is 0 Å². The molecule has 0 spiro atoms. The van der Waals surface area contributed by atoms with Crippen LogP contribution in [0, 0.1) is 0 Å². The normalized spacial score (nSPS) is 20.2. The highest BCUT2D eigenvalue weighted by molar-refractivity contribution is 7.88. The molecule has 5 nitrogen and oxygen atoms in total. The van der Waals surface area contributed by atoms with Crippen molar-refractivity contribution >= 4 is 21.7 Å². The quantitative estimate of drug-likeness (QED) is 0.729. The highest BCUT2D eigenvalue weighted by atomic mass is 32.2. The molecular formula is C11H10O5S. The summed E-state index contributed by atoms with van der Waals surface area (Å²) in [4.78, 5) is 23.7. The largest absolute Gasteiger partial charge is 0.294 e. The fourth-order valence-electron chi connectivity index (χ4n) is 1.83. The van der Waals surface area contributed by atoms with Gasteiger partial charge in [-0.1, -0.05) is 24.3 Å². The van der Waals surface area contributed by atoms with E-state index in [1.165, 1.54) is 12.1 Å². The Labute approximate surface area is 98.5 Å². The van der Waals surface area contributed by atoms with Crippen molar-refractivity contribution < 1.29 is 22.2 Å². The third-order valence-corrected chi connectivity index (χ3v) is 4.28. The zero-order valence-electron chi connectivity index (χ0n) is 9.04. The minimum absolute atomic E-state index is 0.148. The Hall–Kier alpha value is -1.53. The lowest BCUT2D eigenvalue weighted by Gasteiger charge is -2.20. The summed E-state index contributed by atoms with van der Waals surface area (Å²) in [6.45, 7) is 0. The fraction of sp³-hybridized carbons (Fsp3) is 0.273. The van der Waals surface area contributed by atoms with Gasteiger partial charge < -0.3 is 0 Å². The fourth-order valence-corrected chi connectivity index (χ4v) is 2.81. The molecular weight excluding hydrogens is 244 g/mol.